The van der Waals surface area contributed by atoms with Gasteiger partial charge in [-0.25, -0.2) is 4.79 Å². The molecule has 13 heavy (non-hydrogen) atoms. The van der Waals surface area contributed by atoms with Crippen LogP contribution in [0.3, 0.4) is 0 Å². The standard InChI is InChI=1S/C6H11NO5S/c1-7-3-5(12-6(7)8)4-11-13(2,9)10/h5H,3-4H2,1-2H3/t5-/m1/s1. The van der Waals surface area contributed by atoms with Gasteiger partial charge in [0.15, 0.2) is 0 Å². The first-order valence-electron chi connectivity index (χ1n) is 3.64. The number of rotatable bonds is 3. The molecule has 76 valence electrons. The topological polar surface area (TPSA) is 72.9 Å². The minimum Gasteiger partial charge on any atom is -0.442 e. The molecule has 0 bridgehead atoms. The molecule has 1 amide bonds. The summed E-state index contributed by atoms with van der Waals surface area (Å²) in [6.07, 6.45) is 0.00217. The van der Waals surface area contributed by atoms with E-state index in [-0.39, 0.29) is 6.61 Å². The van der Waals surface area contributed by atoms with Crippen LogP contribution in [0.1, 0.15) is 0 Å². The van der Waals surface area contributed by atoms with E-state index in [0.29, 0.717) is 6.54 Å². The smallest absolute Gasteiger partial charge is 0.410 e. The third-order valence-corrected chi connectivity index (χ3v) is 2.09. The van der Waals surface area contributed by atoms with Crippen molar-refractivity contribution in [2.24, 2.45) is 0 Å². The monoisotopic (exact) mass is 209 g/mol. The van der Waals surface area contributed by atoms with Crippen LogP contribution in [-0.2, 0) is 19.0 Å². The van der Waals surface area contributed by atoms with Crippen LogP contribution in [0, 0.1) is 0 Å². The highest BCUT2D eigenvalue weighted by molar-refractivity contribution is 7.85. The van der Waals surface area contributed by atoms with Crippen molar-refractivity contribution in [2.45, 2.75) is 6.10 Å². The number of carbonyl (C=O) groups is 1. The van der Waals surface area contributed by atoms with E-state index >= 15 is 0 Å². The van der Waals surface area contributed by atoms with E-state index < -0.39 is 22.3 Å². The third-order valence-electron chi connectivity index (χ3n) is 1.52. The quantitative estimate of drug-likeness (QED) is 0.581. The Balaban J connectivity index is 2.37. The van der Waals surface area contributed by atoms with Gasteiger partial charge in [0.05, 0.1) is 12.8 Å². The Morgan fingerprint density at radius 3 is 2.69 bits per heavy atom. The largest absolute Gasteiger partial charge is 0.442 e. The number of amides is 1. The number of hydrogen-bond donors (Lipinski definition) is 0. The van der Waals surface area contributed by atoms with Crippen LogP contribution in [0.4, 0.5) is 4.79 Å². The van der Waals surface area contributed by atoms with Gasteiger partial charge >= 0.3 is 6.09 Å². The van der Waals surface area contributed by atoms with E-state index in [4.69, 9.17) is 4.74 Å². The molecular weight excluding hydrogens is 198 g/mol. The molecule has 1 fully saturated rings. The van der Waals surface area contributed by atoms with E-state index in [0.717, 1.165) is 6.26 Å². The van der Waals surface area contributed by atoms with Gasteiger partial charge in [-0.1, -0.05) is 0 Å². The fraction of sp³-hybridized carbons (Fsp3) is 0.833. The molecule has 0 unspecified atom stereocenters. The maximum absolute atomic E-state index is 10.8. The molecule has 1 heterocycles. The van der Waals surface area contributed by atoms with Crippen LogP contribution < -0.4 is 0 Å². The van der Waals surface area contributed by atoms with Gasteiger partial charge in [0.25, 0.3) is 10.1 Å². The highest BCUT2D eigenvalue weighted by Crippen LogP contribution is 2.09. The molecule has 0 aromatic carbocycles. The molecule has 1 atom stereocenters. The van der Waals surface area contributed by atoms with Crippen molar-refractivity contribution >= 4 is 16.2 Å². The molecule has 1 aliphatic rings. The first-order chi connectivity index (χ1) is 5.88. The summed E-state index contributed by atoms with van der Waals surface area (Å²) < 4.78 is 30.4. The zero-order valence-electron chi connectivity index (χ0n) is 7.39. The fourth-order valence-corrected chi connectivity index (χ4v) is 1.33. The normalized spacial score (nSPS) is 23.4. The van der Waals surface area contributed by atoms with Crippen molar-refractivity contribution in [1.29, 1.82) is 0 Å². The first-order valence-corrected chi connectivity index (χ1v) is 5.46. The summed E-state index contributed by atoms with van der Waals surface area (Å²) in [5, 5.41) is 0. The molecular formula is C6H11NO5S. The number of hydrogen-bond acceptors (Lipinski definition) is 5. The van der Waals surface area contributed by atoms with E-state index in [2.05, 4.69) is 4.18 Å². The van der Waals surface area contributed by atoms with E-state index in [1.807, 2.05) is 0 Å². The van der Waals surface area contributed by atoms with Crippen LogP contribution >= 0.6 is 0 Å². The number of cyclic esters (lactones) is 1. The van der Waals surface area contributed by atoms with Crippen LogP contribution in [-0.4, -0.2) is 52.0 Å². The summed E-state index contributed by atoms with van der Waals surface area (Å²) in [4.78, 5) is 12.2. The lowest BCUT2D eigenvalue weighted by Gasteiger charge is -2.06. The van der Waals surface area contributed by atoms with E-state index in [9.17, 15) is 13.2 Å². The number of likely N-dealkylation sites (N-methyl/N-ethyl adjacent to an activating group) is 1. The van der Waals surface area contributed by atoms with Gasteiger partial charge in [-0.2, -0.15) is 8.42 Å². The Morgan fingerprint density at radius 2 is 2.31 bits per heavy atom. The van der Waals surface area contributed by atoms with Crippen molar-refractivity contribution in [3.05, 3.63) is 0 Å². The number of ether oxygens (including phenoxy) is 1. The van der Waals surface area contributed by atoms with Gasteiger partial charge in [0, 0.05) is 7.05 Å². The summed E-state index contributed by atoms with van der Waals surface area (Å²) >= 11 is 0. The van der Waals surface area contributed by atoms with E-state index in [1.54, 1.807) is 7.05 Å². The maximum Gasteiger partial charge on any atom is 0.410 e. The van der Waals surface area contributed by atoms with Crippen molar-refractivity contribution in [2.75, 3.05) is 26.5 Å². The van der Waals surface area contributed by atoms with Gasteiger partial charge in [0.2, 0.25) is 0 Å². The summed E-state index contributed by atoms with van der Waals surface area (Å²) in [6, 6.07) is 0. The van der Waals surface area contributed by atoms with Gasteiger partial charge in [-0.15, -0.1) is 0 Å². The minimum absolute atomic E-state index is 0.116. The Labute approximate surface area is 76.5 Å². The lowest BCUT2D eigenvalue weighted by Crippen LogP contribution is -2.23. The van der Waals surface area contributed by atoms with Crippen LogP contribution in [0.15, 0.2) is 0 Å². The molecule has 7 heteroatoms. The molecule has 0 spiro atoms. The average Bonchev–Trinajstić information content (AvgIpc) is 2.27. The molecule has 0 radical (unpaired) electrons. The van der Waals surface area contributed by atoms with Gasteiger partial charge < -0.3 is 9.64 Å². The second kappa shape index (κ2) is 3.51. The highest BCUT2D eigenvalue weighted by Gasteiger charge is 2.29. The molecule has 0 saturated carbocycles. The Morgan fingerprint density at radius 1 is 1.69 bits per heavy atom. The molecule has 1 aliphatic heterocycles. The van der Waals surface area contributed by atoms with Gasteiger partial charge in [-0.05, 0) is 0 Å². The van der Waals surface area contributed by atoms with Crippen LogP contribution in [0.5, 0.6) is 0 Å². The predicted molar refractivity (Wildman–Crippen MR) is 43.7 cm³/mol. The molecule has 1 rings (SSSR count). The second-order valence-corrected chi connectivity index (χ2v) is 4.52. The number of nitrogens with zero attached hydrogens (tertiary/aromatic N) is 1. The van der Waals surface area contributed by atoms with Crippen molar-refractivity contribution < 1.29 is 22.1 Å². The average molecular weight is 209 g/mol. The summed E-state index contributed by atoms with van der Waals surface area (Å²) in [6.45, 7) is 0.239. The lowest BCUT2D eigenvalue weighted by atomic mass is 10.4. The Hall–Kier alpha value is -0.820. The third kappa shape index (κ3) is 3.19. The van der Waals surface area contributed by atoms with Crippen molar-refractivity contribution in [3.8, 4) is 0 Å². The number of carbonyl (C=O) groups excluding carboxylic acids is 1. The highest BCUT2D eigenvalue weighted by atomic mass is 32.2. The first kappa shape index (κ1) is 10.3. The summed E-state index contributed by atoms with van der Waals surface area (Å²) in [7, 11) is -1.88. The molecule has 0 aromatic rings. The van der Waals surface area contributed by atoms with Crippen LogP contribution in [0.2, 0.25) is 0 Å². The predicted octanol–water partition coefficient (Wildman–Crippen LogP) is -0.587. The Kier molecular flexibility index (Phi) is 2.77. The minimum atomic E-state index is -3.46. The molecule has 0 N–H and O–H groups in total. The van der Waals surface area contributed by atoms with E-state index in [1.165, 1.54) is 4.90 Å². The lowest BCUT2D eigenvalue weighted by molar-refractivity contribution is 0.105. The van der Waals surface area contributed by atoms with Gasteiger partial charge in [-0.3, -0.25) is 4.18 Å². The Bertz CT molecular complexity index is 298. The molecule has 0 aromatic heterocycles. The fourth-order valence-electron chi connectivity index (χ4n) is 0.936. The summed E-state index contributed by atoms with van der Waals surface area (Å²) in [5.74, 6) is 0. The second-order valence-electron chi connectivity index (χ2n) is 2.87. The zero-order chi connectivity index (χ0) is 10.1. The summed E-state index contributed by atoms with van der Waals surface area (Å²) in [5.41, 5.74) is 0. The maximum atomic E-state index is 10.8. The van der Waals surface area contributed by atoms with Gasteiger partial charge in [0.1, 0.15) is 12.7 Å². The van der Waals surface area contributed by atoms with Crippen LogP contribution in [0.25, 0.3) is 0 Å². The van der Waals surface area contributed by atoms with Crippen molar-refractivity contribution in [3.63, 3.8) is 0 Å². The zero-order valence-corrected chi connectivity index (χ0v) is 8.20. The molecule has 0 aliphatic carbocycles. The SMILES string of the molecule is CN1C[C@H](COS(C)(=O)=O)OC1=O. The molecule has 6 nitrogen and oxygen atoms in total. The van der Waals surface area contributed by atoms with Crippen molar-refractivity contribution in [1.82, 2.24) is 4.90 Å². The molecule has 1 saturated heterocycles.